The minimum atomic E-state index is -0.796. The molecule has 1 aromatic rings. The Bertz CT molecular complexity index is 436. The maximum atomic E-state index is 11.9. The lowest BCUT2D eigenvalue weighted by atomic mass is 9.80. The van der Waals surface area contributed by atoms with E-state index in [0.717, 1.165) is 0 Å². The van der Waals surface area contributed by atoms with Gasteiger partial charge in [-0.25, -0.2) is 4.68 Å². The van der Waals surface area contributed by atoms with Crippen LogP contribution in [0.4, 0.5) is 0 Å². The number of amides is 1. The molecular weight excluding hydrogens is 238 g/mol. The number of carboxylic acid groups (broad SMARTS) is 1. The van der Waals surface area contributed by atoms with Gasteiger partial charge in [0.05, 0.1) is 5.41 Å². The number of piperidine rings is 1. The number of rotatable bonds is 3. The van der Waals surface area contributed by atoms with Gasteiger partial charge in [-0.05, 0) is 30.2 Å². The number of aromatic nitrogens is 4. The smallest absolute Gasteiger partial charge is 0.309 e. The molecule has 0 spiro atoms. The highest BCUT2D eigenvalue weighted by Crippen LogP contribution is 2.30. The zero-order valence-electron chi connectivity index (χ0n) is 10.1. The number of likely N-dealkylation sites (tertiary alicyclic amines) is 1. The monoisotopic (exact) mass is 253 g/mol. The van der Waals surface area contributed by atoms with Crippen LogP contribution < -0.4 is 0 Å². The Morgan fingerprint density at radius 3 is 2.56 bits per heavy atom. The lowest BCUT2D eigenvalue weighted by molar-refractivity contribution is -0.153. The highest BCUT2D eigenvalue weighted by Gasteiger charge is 2.37. The Labute approximate surface area is 104 Å². The summed E-state index contributed by atoms with van der Waals surface area (Å²) >= 11 is 0. The van der Waals surface area contributed by atoms with Crippen molar-refractivity contribution in [1.82, 2.24) is 25.1 Å². The number of carbonyl (C=O) groups is 2. The zero-order chi connectivity index (χ0) is 13.2. The zero-order valence-corrected chi connectivity index (χ0v) is 10.1. The Kier molecular flexibility index (Phi) is 3.26. The number of carbonyl (C=O) groups excluding carboxylic acids is 1. The van der Waals surface area contributed by atoms with Gasteiger partial charge in [0.2, 0.25) is 5.91 Å². The third-order valence-electron chi connectivity index (χ3n) is 3.42. The maximum Gasteiger partial charge on any atom is 0.309 e. The number of hydrogen-bond donors (Lipinski definition) is 1. The predicted octanol–water partition coefficient (Wildman–Crippen LogP) is -0.614. The molecule has 2 heterocycles. The molecule has 0 aromatic carbocycles. The lowest BCUT2D eigenvalue weighted by Gasteiger charge is -2.36. The van der Waals surface area contributed by atoms with E-state index in [1.54, 1.807) is 11.8 Å². The molecule has 0 bridgehead atoms. The van der Waals surface area contributed by atoms with Crippen molar-refractivity contribution in [3.8, 4) is 0 Å². The summed E-state index contributed by atoms with van der Waals surface area (Å²) in [4.78, 5) is 24.6. The number of carboxylic acids is 1. The van der Waals surface area contributed by atoms with Crippen LogP contribution in [-0.2, 0) is 16.1 Å². The predicted molar refractivity (Wildman–Crippen MR) is 59.4 cm³/mol. The van der Waals surface area contributed by atoms with Crippen molar-refractivity contribution in [2.45, 2.75) is 26.3 Å². The van der Waals surface area contributed by atoms with Crippen molar-refractivity contribution < 1.29 is 14.7 Å². The first-order chi connectivity index (χ1) is 8.51. The average molecular weight is 253 g/mol. The Morgan fingerprint density at radius 2 is 2.06 bits per heavy atom. The minimum Gasteiger partial charge on any atom is -0.481 e. The highest BCUT2D eigenvalue weighted by molar-refractivity contribution is 5.77. The lowest BCUT2D eigenvalue weighted by Crippen LogP contribution is -2.46. The fourth-order valence-electron chi connectivity index (χ4n) is 1.95. The van der Waals surface area contributed by atoms with Crippen LogP contribution in [0.15, 0.2) is 6.33 Å². The highest BCUT2D eigenvalue weighted by atomic mass is 16.4. The molecule has 1 aliphatic rings. The molecule has 0 radical (unpaired) electrons. The molecular formula is C10H15N5O3. The summed E-state index contributed by atoms with van der Waals surface area (Å²) in [7, 11) is 0. The molecule has 1 aliphatic heterocycles. The van der Waals surface area contributed by atoms with Crippen molar-refractivity contribution >= 4 is 11.9 Å². The van der Waals surface area contributed by atoms with Crippen LogP contribution in [0.3, 0.4) is 0 Å². The molecule has 2 rings (SSSR count). The quantitative estimate of drug-likeness (QED) is 0.770. The fraction of sp³-hybridized carbons (Fsp3) is 0.700. The molecule has 8 heteroatoms. The molecule has 1 amide bonds. The molecule has 0 unspecified atom stereocenters. The van der Waals surface area contributed by atoms with E-state index in [2.05, 4.69) is 15.5 Å². The van der Waals surface area contributed by atoms with E-state index < -0.39 is 11.4 Å². The van der Waals surface area contributed by atoms with Gasteiger partial charge in [-0.3, -0.25) is 9.59 Å². The molecule has 1 fully saturated rings. The van der Waals surface area contributed by atoms with Gasteiger partial charge in [0.1, 0.15) is 12.9 Å². The summed E-state index contributed by atoms with van der Waals surface area (Å²) in [5.41, 5.74) is -0.717. The van der Waals surface area contributed by atoms with Gasteiger partial charge in [-0.15, -0.1) is 5.10 Å². The first kappa shape index (κ1) is 12.5. The van der Waals surface area contributed by atoms with Gasteiger partial charge >= 0.3 is 5.97 Å². The number of hydrogen-bond acceptors (Lipinski definition) is 5. The summed E-state index contributed by atoms with van der Waals surface area (Å²) in [5, 5.41) is 19.6. The second-order valence-corrected chi connectivity index (χ2v) is 4.75. The third kappa shape index (κ3) is 2.47. The number of nitrogens with zero attached hydrogens (tertiary/aromatic N) is 5. The van der Waals surface area contributed by atoms with Crippen LogP contribution in [-0.4, -0.2) is 55.2 Å². The SMILES string of the molecule is CC1(C(=O)O)CCN(C(=O)Cn2cnnn2)CC1. The summed E-state index contributed by atoms with van der Waals surface area (Å²) < 4.78 is 1.35. The molecule has 0 atom stereocenters. The van der Waals surface area contributed by atoms with Crippen LogP contribution in [0.25, 0.3) is 0 Å². The molecule has 1 N–H and O–H groups in total. The molecule has 8 nitrogen and oxygen atoms in total. The molecule has 1 saturated heterocycles. The minimum absolute atomic E-state index is 0.0882. The standard InChI is InChI=1S/C10H15N5O3/c1-10(9(17)18)2-4-14(5-3-10)8(16)6-15-7-11-12-13-15/h7H,2-6H2,1H3,(H,17,18). The van der Waals surface area contributed by atoms with E-state index in [1.807, 2.05) is 0 Å². The van der Waals surface area contributed by atoms with Gasteiger partial charge in [-0.1, -0.05) is 0 Å². The van der Waals surface area contributed by atoms with Gasteiger partial charge in [0.25, 0.3) is 0 Å². The van der Waals surface area contributed by atoms with Gasteiger partial charge in [0, 0.05) is 13.1 Å². The summed E-state index contributed by atoms with van der Waals surface area (Å²) in [6.45, 7) is 2.74. The Balaban J connectivity index is 1.90. The van der Waals surface area contributed by atoms with E-state index in [1.165, 1.54) is 11.0 Å². The van der Waals surface area contributed by atoms with Crippen molar-refractivity contribution in [1.29, 1.82) is 0 Å². The van der Waals surface area contributed by atoms with E-state index in [-0.39, 0.29) is 12.5 Å². The first-order valence-electron chi connectivity index (χ1n) is 5.73. The second-order valence-electron chi connectivity index (χ2n) is 4.75. The van der Waals surface area contributed by atoms with Crippen LogP contribution in [0.5, 0.6) is 0 Å². The third-order valence-corrected chi connectivity index (χ3v) is 3.42. The Hall–Kier alpha value is -1.99. The molecule has 0 saturated carbocycles. The van der Waals surface area contributed by atoms with E-state index in [0.29, 0.717) is 25.9 Å². The van der Waals surface area contributed by atoms with E-state index in [9.17, 15) is 9.59 Å². The average Bonchev–Trinajstić information content (AvgIpc) is 2.82. The maximum absolute atomic E-state index is 11.9. The molecule has 98 valence electrons. The number of aliphatic carboxylic acids is 1. The summed E-state index contributed by atoms with van der Waals surface area (Å²) in [6.07, 6.45) is 2.33. The van der Waals surface area contributed by atoms with Gasteiger partial charge in [0.15, 0.2) is 0 Å². The van der Waals surface area contributed by atoms with Crippen molar-refractivity contribution in [2.75, 3.05) is 13.1 Å². The molecule has 18 heavy (non-hydrogen) atoms. The van der Waals surface area contributed by atoms with E-state index >= 15 is 0 Å². The normalized spacial score (nSPS) is 18.6. The largest absolute Gasteiger partial charge is 0.481 e. The van der Waals surface area contributed by atoms with Crippen LogP contribution in [0.2, 0.25) is 0 Å². The van der Waals surface area contributed by atoms with Gasteiger partial charge < -0.3 is 10.0 Å². The number of tetrazole rings is 1. The van der Waals surface area contributed by atoms with Crippen LogP contribution in [0, 0.1) is 5.41 Å². The van der Waals surface area contributed by atoms with E-state index in [4.69, 9.17) is 5.11 Å². The van der Waals surface area contributed by atoms with Crippen LogP contribution in [0.1, 0.15) is 19.8 Å². The van der Waals surface area contributed by atoms with Crippen molar-refractivity contribution in [2.24, 2.45) is 5.41 Å². The van der Waals surface area contributed by atoms with Gasteiger partial charge in [-0.2, -0.15) is 0 Å². The fourth-order valence-corrected chi connectivity index (χ4v) is 1.95. The second kappa shape index (κ2) is 4.71. The van der Waals surface area contributed by atoms with Crippen LogP contribution >= 0.6 is 0 Å². The molecule has 0 aliphatic carbocycles. The van der Waals surface area contributed by atoms with Crippen molar-refractivity contribution in [3.05, 3.63) is 6.33 Å². The topological polar surface area (TPSA) is 101 Å². The Morgan fingerprint density at radius 1 is 1.39 bits per heavy atom. The molecule has 1 aromatic heterocycles. The first-order valence-corrected chi connectivity index (χ1v) is 5.73. The summed E-state index contributed by atoms with van der Waals surface area (Å²) in [6, 6.07) is 0. The van der Waals surface area contributed by atoms with Crippen molar-refractivity contribution in [3.63, 3.8) is 0 Å². The summed E-state index contributed by atoms with van der Waals surface area (Å²) in [5.74, 6) is -0.884.